The molecule has 0 aliphatic heterocycles. The topological polar surface area (TPSA) is 21.3 Å². The van der Waals surface area contributed by atoms with E-state index in [4.69, 9.17) is 4.74 Å². The van der Waals surface area contributed by atoms with Crippen LogP contribution in [0, 0.1) is 5.92 Å². The monoisotopic (exact) mass is 261 g/mol. The van der Waals surface area contributed by atoms with E-state index in [0.29, 0.717) is 6.04 Å². The summed E-state index contributed by atoms with van der Waals surface area (Å²) in [5.41, 5.74) is 1.39. The van der Waals surface area contributed by atoms with Crippen LogP contribution in [0.15, 0.2) is 24.3 Å². The lowest BCUT2D eigenvalue weighted by molar-refractivity contribution is 0.242. The highest BCUT2D eigenvalue weighted by atomic mass is 16.5. The van der Waals surface area contributed by atoms with Crippen molar-refractivity contribution in [3.8, 4) is 5.75 Å². The van der Waals surface area contributed by atoms with E-state index in [9.17, 15) is 0 Å². The van der Waals surface area contributed by atoms with E-state index in [1.807, 2.05) is 0 Å². The van der Waals surface area contributed by atoms with Crippen molar-refractivity contribution in [2.45, 2.75) is 58.6 Å². The van der Waals surface area contributed by atoms with Gasteiger partial charge in [0.2, 0.25) is 0 Å². The minimum absolute atomic E-state index is 0.241. The highest BCUT2D eigenvalue weighted by molar-refractivity contribution is 5.29. The number of hydrogen-bond donors (Lipinski definition) is 1. The van der Waals surface area contributed by atoms with Crippen molar-refractivity contribution in [1.82, 2.24) is 5.32 Å². The molecule has 1 aromatic rings. The van der Waals surface area contributed by atoms with E-state index in [1.54, 1.807) is 0 Å². The Kier molecular flexibility index (Phi) is 5.26. The van der Waals surface area contributed by atoms with Crippen molar-refractivity contribution in [3.63, 3.8) is 0 Å². The molecule has 2 heteroatoms. The number of hydrogen-bond acceptors (Lipinski definition) is 2. The van der Waals surface area contributed by atoms with Gasteiger partial charge in [-0.25, -0.2) is 0 Å². The molecule has 0 spiro atoms. The molecule has 19 heavy (non-hydrogen) atoms. The van der Waals surface area contributed by atoms with Gasteiger partial charge in [0, 0.05) is 6.04 Å². The molecule has 2 nitrogen and oxygen atoms in total. The Morgan fingerprint density at radius 1 is 1.21 bits per heavy atom. The average molecular weight is 261 g/mol. The number of nitrogens with one attached hydrogen (secondary N) is 1. The van der Waals surface area contributed by atoms with Gasteiger partial charge >= 0.3 is 0 Å². The van der Waals surface area contributed by atoms with Crippen LogP contribution in [-0.4, -0.2) is 12.6 Å². The van der Waals surface area contributed by atoms with E-state index in [1.165, 1.54) is 31.2 Å². The maximum Gasteiger partial charge on any atom is 0.119 e. The number of benzene rings is 1. The number of rotatable bonds is 7. The molecule has 1 aromatic carbocycles. The third-order valence-corrected chi connectivity index (χ3v) is 3.90. The summed E-state index contributed by atoms with van der Waals surface area (Å²) in [7, 11) is 0. The molecule has 106 valence electrons. The first-order chi connectivity index (χ1) is 9.19. The molecule has 1 unspecified atom stereocenters. The standard InChI is InChI=1S/C17H27NO/c1-4-18-17(12-14-6-5-7-14)15-8-10-16(11-9-15)19-13(2)3/h8-11,13-14,17-18H,4-7,12H2,1-3H3. The Morgan fingerprint density at radius 3 is 2.37 bits per heavy atom. The van der Waals surface area contributed by atoms with Crippen molar-refractivity contribution in [2.24, 2.45) is 5.92 Å². The molecule has 0 amide bonds. The molecule has 1 aliphatic carbocycles. The fraction of sp³-hybridized carbons (Fsp3) is 0.647. The maximum absolute atomic E-state index is 5.70. The van der Waals surface area contributed by atoms with Crippen LogP contribution in [-0.2, 0) is 0 Å². The normalized spacial score (nSPS) is 17.3. The van der Waals surface area contributed by atoms with Crippen LogP contribution in [0.1, 0.15) is 58.1 Å². The molecule has 0 heterocycles. The van der Waals surface area contributed by atoms with Crippen LogP contribution < -0.4 is 10.1 Å². The molecule has 1 atom stereocenters. The van der Waals surface area contributed by atoms with Crippen LogP contribution in [0.2, 0.25) is 0 Å². The fourth-order valence-electron chi connectivity index (χ4n) is 2.70. The summed E-state index contributed by atoms with van der Waals surface area (Å²) in [5.74, 6) is 1.90. The van der Waals surface area contributed by atoms with Crippen LogP contribution in [0.25, 0.3) is 0 Å². The van der Waals surface area contributed by atoms with E-state index in [-0.39, 0.29) is 6.10 Å². The molecular weight excluding hydrogens is 234 g/mol. The van der Waals surface area contributed by atoms with Gasteiger partial charge in [-0.2, -0.15) is 0 Å². The Morgan fingerprint density at radius 2 is 1.89 bits per heavy atom. The Labute approximate surface area is 117 Å². The second kappa shape index (κ2) is 6.95. The second-order valence-electron chi connectivity index (χ2n) is 5.88. The lowest BCUT2D eigenvalue weighted by Gasteiger charge is -2.30. The quantitative estimate of drug-likeness (QED) is 0.789. The lowest BCUT2D eigenvalue weighted by atomic mass is 9.79. The molecule has 1 saturated carbocycles. The van der Waals surface area contributed by atoms with Crippen LogP contribution in [0.5, 0.6) is 5.75 Å². The van der Waals surface area contributed by atoms with Gasteiger partial charge in [0.25, 0.3) is 0 Å². The third-order valence-electron chi connectivity index (χ3n) is 3.90. The van der Waals surface area contributed by atoms with E-state index >= 15 is 0 Å². The van der Waals surface area contributed by atoms with Crippen LogP contribution in [0.3, 0.4) is 0 Å². The Bertz CT molecular complexity index is 367. The van der Waals surface area contributed by atoms with Gasteiger partial charge in [-0.15, -0.1) is 0 Å². The van der Waals surface area contributed by atoms with Gasteiger partial charge in [0.15, 0.2) is 0 Å². The van der Waals surface area contributed by atoms with Gasteiger partial charge in [0.05, 0.1) is 6.10 Å². The summed E-state index contributed by atoms with van der Waals surface area (Å²) in [6, 6.07) is 9.12. The molecule has 2 rings (SSSR count). The summed E-state index contributed by atoms with van der Waals surface area (Å²) in [6.45, 7) is 7.34. The number of ether oxygens (including phenoxy) is 1. The zero-order valence-corrected chi connectivity index (χ0v) is 12.5. The van der Waals surface area contributed by atoms with Gasteiger partial charge < -0.3 is 10.1 Å². The largest absolute Gasteiger partial charge is 0.491 e. The molecule has 1 N–H and O–H groups in total. The minimum atomic E-state index is 0.241. The van der Waals surface area contributed by atoms with Gasteiger partial charge in [-0.3, -0.25) is 0 Å². The van der Waals surface area contributed by atoms with Crippen molar-refractivity contribution >= 4 is 0 Å². The molecular formula is C17H27NO. The first kappa shape index (κ1) is 14.4. The van der Waals surface area contributed by atoms with E-state index < -0.39 is 0 Å². The van der Waals surface area contributed by atoms with Crippen molar-refractivity contribution in [1.29, 1.82) is 0 Å². The molecule has 0 radical (unpaired) electrons. The van der Waals surface area contributed by atoms with Gasteiger partial charge in [-0.05, 0) is 50.4 Å². The average Bonchev–Trinajstić information content (AvgIpc) is 2.32. The SMILES string of the molecule is CCNC(CC1CCC1)c1ccc(OC(C)C)cc1. The van der Waals surface area contributed by atoms with Crippen molar-refractivity contribution in [3.05, 3.63) is 29.8 Å². The first-order valence-corrected chi connectivity index (χ1v) is 7.69. The highest BCUT2D eigenvalue weighted by Crippen LogP contribution is 2.35. The molecule has 1 aliphatic rings. The van der Waals surface area contributed by atoms with E-state index in [2.05, 4.69) is 50.4 Å². The second-order valence-corrected chi connectivity index (χ2v) is 5.88. The molecule has 0 saturated heterocycles. The summed E-state index contributed by atoms with van der Waals surface area (Å²) in [6.07, 6.45) is 5.76. The Balaban J connectivity index is 1.99. The van der Waals surface area contributed by atoms with Crippen molar-refractivity contribution in [2.75, 3.05) is 6.54 Å². The minimum Gasteiger partial charge on any atom is -0.491 e. The summed E-state index contributed by atoms with van der Waals surface area (Å²) in [4.78, 5) is 0. The van der Waals surface area contributed by atoms with Crippen molar-refractivity contribution < 1.29 is 4.74 Å². The van der Waals surface area contributed by atoms with Gasteiger partial charge in [-0.1, -0.05) is 38.3 Å². The summed E-state index contributed by atoms with van der Waals surface area (Å²) >= 11 is 0. The lowest BCUT2D eigenvalue weighted by Crippen LogP contribution is -2.25. The first-order valence-electron chi connectivity index (χ1n) is 7.69. The Hall–Kier alpha value is -1.02. The molecule has 0 bridgehead atoms. The smallest absolute Gasteiger partial charge is 0.119 e. The highest BCUT2D eigenvalue weighted by Gasteiger charge is 2.22. The maximum atomic E-state index is 5.70. The zero-order chi connectivity index (χ0) is 13.7. The fourth-order valence-corrected chi connectivity index (χ4v) is 2.70. The predicted molar refractivity (Wildman–Crippen MR) is 80.6 cm³/mol. The van der Waals surface area contributed by atoms with Crippen LogP contribution in [0.4, 0.5) is 0 Å². The van der Waals surface area contributed by atoms with E-state index in [0.717, 1.165) is 18.2 Å². The third kappa shape index (κ3) is 4.24. The van der Waals surface area contributed by atoms with Gasteiger partial charge in [0.1, 0.15) is 5.75 Å². The predicted octanol–water partition coefficient (Wildman–Crippen LogP) is 4.31. The molecule has 1 fully saturated rings. The molecule has 0 aromatic heterocycles. The van der Waals surface area contributed by atoms with Crippen LogP contribution >= 0.6 is 0 Å². The zero-order valence-electron chi connectivity index (χ0n) is 12.5. The summed E-state index contributed by atoms with van der Waals surface area (Å²) in [5, 5.41) is 3.62. The summed E-state index contributed by atoms with van der Waals surface area (Å²) < 4.78 is 5.70.